The van der Waals surface area contributed by atoms with Crippen LogP contribution < -0.4 is 5.73 Å². The first-order chi connectivity index (χ1) is 8.16. The van der Waals surface area contributed by atoms with Gasteiger partial charge in [0.15, 0.2) is 5.82 Å². The van der Waals surface area contributed by atoms with Crippen LogP contribution in [0.25, 0.3) is 0 Å². The fourth-order valence-corrected chi connectivity index (χ4v) is 1.44. The summed E-state index contributed by atoms with van der Waals surface area (Å²) in [5.41, 5.74) is 7.04. The number of hydrogen-bond acceptors (Lipinski definition) is 5. The Hall–Kier alpha value is -1.75. The normalized spacial score (nSPS) is 12.9. The first-order valence-corrected chi connectivity index (χ1v) is 5.64. The Kier molecular flexibility index (Phi) is 3.49. The number of aromatic nitrogens is 3. The molecule has 2 heterocycles. The maximum absolute atomic E-state index is 5.94. The van der Waals surface area contributed by atoms with E-state index in [9.17, 15) is 0 Å². The lowest BCUT2D eigenvalue weighted by Gasteiger charge is -2.09. The number of rotatable bonds is 4. The van der Waals surface area contributed by atoms with Gasteiger partial charge in [-0.1, -0.05) is 19.0 Å². The summed E-state index contributed by atoms with van der Waals surface area (Å²) in [5, 5.41) is 3.93. The molecule has 0 saturated carbocycles. The van der Waals surface area contributed by atoms with Gasteiger partial charge in [0.1, 0.15) is 0 Å². The minimum absolute atomic E-state index is 0.200. The highest BCUT2D eigenvalue weighted by Gasteiger charge is 2.17. The van der Waals surface area contributed by atoms with Gasteiger partial charge in [-0.15, -0.1) is 0 Å². The Bertz CT molecular complexity index is 466. The molecule has 0 saturated heterocycles. The molecule has 2 N–H and O–H groups in total. The van der Waals surface area contributed by atoms with Crippen molar-refractivity contribution >= 4 is 0 Å². The van der Waals surface area contributed by atoms with Gasteiger partial charge in [-0.3, -0.25) is 4.98 Å². The van der Waals surface area contributed by atoms with Crippen LogP contribution in [0.4, 0.5) is 0 Å². The van der Waals surface area contributed by atoms with Crippen LogP contribution in [0.5, 0.6) is 0 Å². The molecule has 2 rings (SSSR count). The first-order valence-electron chi connectivity index (χ1n) is 5.64. The Morgan fingerprint density at radius 3 is 2.65 bits per heavy atom. The molecule has 5 heteroatoms. The molecule has 0 amide bonds. The predicted molar refractivity (Wildman–Crippen MR) is 63.1 cm³/mol. The Balaban J connectivity index is 2.09. The standard InChI is InChI=1S/C12H16N4O/c1-8(2)11(13)12-15-10(16-17-12)7-9-3-5-14-6-4-9/h3-6,8,11H,7,13H2,1-2H3. The molecular weight excluding hydrogens is 216 g/mol. The second-order valence-corrected chi connectivity index (χ2v) is 4.35. The number of hydrogen-bond donors (Lipinski definition) is 1. The molecule has 1 atom stereocenters. The largest absolute Gasteiger partial charge is 0.338 e. The van der Waals surface area contributed by atoms with Gasteiger partial charge in [-0.25, -0.2) is 0 Å². The van der Waals surface area contributed by atoms with Crippen LogP contribution in [0, 0.1) is 5.92 Å². The second-order valence-electron chi connectivity index (χ2n) is 4.35. The maximum Gasteiger partial charge on any atom is 0.243 e. The topological polar surface area (TPSA) is 77.8 Å². The van der Waals surface area contributed by atoms with Crippen molar-refractivity contribution in [1.82, 2.24) is 15.1 Å². The van der Waals surface area contributed by atoms with E-state index < -0.39 is 0 Å². The van der Waals surface area contributed by atoms with Crippen molar-refractivity contribution in [2.45, 2.75) is 26.3 Å². The van der Waals surface area contributed by atoms with E-state index in [4.69, 9.17) is 10.3 Å². The van der Waals surface area contributed by atoms with E-state index in [-0.39, 0.29) is 12.0 Å². The quantitative estimate of drug-likeness (QED) is 0.868. The molecule has 0 aliphatic rings. The molecule has 0 aromatic carbocycles. The zero-order valence-electron chi connectivity index (χ0n) is 10.00. The molecule has 5 nitrogen and oxygen atoms in total. The van der Waals surface area contributed by atoms with Crippen molar-refractivity contribution in [3.8, 4) is 0 Å². The lowest BCUT2D eigenvalue weighted by Crippen LogP contribution is -2.17. The Morgan fingerprint density at radius 1 is 1.29 bits per heavy atom. The highest BCUT2D eigenvalue weighted by atomic mass is 16.5. The third kappa shape index (κ3) is 2.88. The fraction of sp³-hybridized carbons (Fsp3) is 0.417. The Morgan fingerprint density at radius 2 is 2.00 bits per heavy atom. The highest BCUT2D eigenvalue weighted by molar-refractivity contribution is 5.14. The van der Waals surface area contributed by atoms with Crippen molar-refractivity contribution in [2.24, 2.45) is 11.7 Å². The van der Waals surface area contributed by atoms with Crippen LogP contribution >= 0.6 is 0 Å². The Labute approximate surface area is 100 Å². The molecule has 0 fully saturated rings. The molecule has 90 valence electrons. The van der Waals surface area contributed by atoms with Crippen LogP contribution in [-0.4, -0.2) is 15.1 Å². The van der Waals surface area contributed by atoms with Crippen LogP contribution in [0.1, 0.15) is 37.2 Å². The molecule has 0 aliphatic heterocycles. The number of pyridine rings is 1. The summed E-state index contributed by atoms with van der Waals surface area (Å²) in [6.45, 7) is 4.05. The molecule has 2 aromatic heterocycles. The summed E-state index contributed by atoms with van der Waals surface area (Å²) < 4.78 is 5.16. The number of nitrogens with two attached hydrogens (primary N) is 1. The minimum Gasteiger partial charge on any atom is -0.338 e. The van der Waals surface area contributed by atoms with Crippen molar-refractivity contribution in [3.05, 3.63) is 41.8 Å². The molecule has 0 aliphatic carbocycles. The lowest BCUT2D eigenvalue weighted by molar-refractivity contribution is 0.322. The summed E-state index contributed by atoms with van der Waals surface area (Å²) in [4.78, 5) is 8.26. The third-order valence-corrected chi connectivity index (χ3v) is 2.60. The van der Waals surface area contributed by atoms with Crippen molar-refractivity contribution < 1.29 is 4.52 Å². The van der Waals surface area contributed by atoms with E-state index >= 15 is 0 Å². The van der Waals surface area contributed by atoms with E-state index in [2.05, 4.69) is 15.1 Å². The molecule has 0 bridgehead atoms. The van der Waals surface area contributed by atoms with Crippen molar-refractivity contribution in [3.63, 3.8) is 0 Å². The summed E-state index contributed by atoms with van der Waals surface area (Å²) in [5.74, 6) is 1.44. The molecule has 2 aromatic rings. The van der Waals surface area contributed by atoms with E-state index in [1.165, 1.54) is 0 Å². The molecule has 17 heavy (non-hydrogen) atoms. The summed E-state index contributed by atoms with van der Waals surface area (Å²) in [7, 11) is 0. The SMILES string of the molecule is CC(C)C(N)c1nc(Cc2ccncc2)no1. The van der Waals surface area contributed by atoms with E-state index in [1.54, 1.807) is 12.4 Å². The zero-order chi connectivity index (χ0) is 12.3. The molecule has 1 unspecified atom stereocenters. The minimum atomic E-state index is -0.200. The van der Waals surface area contributed by atoms with Gasteiger partial charge in [0.2, 0.25) is 5.89 Å². The van der Waals surface area contributed by atoms with Gasteiger partial charge in [-0.2, -0.15) is 4.98 Å². The van der Waals surface area contributed by atoms with Crippen molar-refractivity contribution in [2.75, 3.05) is 0 Å². The van der Waals surface area contributed by atoms with E-state index in [1.807, 2.05) is 26.0 Å². The van der Waals surface area contributed by atoms with Gasteiger partial charge < -0.3 is 10.3 Å². The van der Waals surface area contributed by atoms with Gasteiger partial charge in [0.05, 0.1) is 6.04 Å². The predicted octanol–water partition coefficient (Wildman–Crippen LogP) is 1.71. The second kappa shape index (κ2) is 5.05. The van der Waals surface area contributed by atoms with Gasteiger partial charge >= 0.3 is 0 Å². The molecule has 0 spiro atoms. The molecular formula is C12H16N4O. The third-order valence-electron chi connectivity index (χ3n) is 2.60. The van der Waals surface area contributed by atoms with Crippen LogP contribution in [0.15, 0.2) is 29.0 Å². The smallest absolute Gasteiger partial charge is 0.243 e. The van der Waals surface area contributed by atoms with Gasteiger partial charge in [0.25, 0.3) is 0 Å². The maximum atomic E-state index is 5.94. The van der Waals surface area contributed by atoms with Crippen LogP contribution in [0.3, 0.4) is 0 Å². The van der Waals surface area contributed by atoms with Crippen LogP contribution in [0.2, 0.25) is 0 Å². The fourth-order valence-electron chi connectivity index (χ4n) is 1.44. The molecule has 0 radical (unpaired) electrons. The summed E-state index contributed by atoms with van der Waals surface area (Å²) in [6.07, 6.45) is 4.13. The summed E-state index contributed by atoms with van der Waals surface area (Å²) >= 11 is 0. The van der Waals surface area contributed by atoms with E-state index in [0.717, 1.165) is 5.56 Å². The average molecular weight is 232 g/mol. The van der Waals surface area contributed by atoms with Crippen molar-refractivity contribution in [1.29, 1.82) is 0 Å². The average Bonchev–Trinajstić information content (AvgIpc) is 2.77. The van der Waals surface area contributed by atoms with Gasteiger partial charge in [0, 0.05) is 18.8 Å². The number of nitrogens with zero attached hydrogens (tertiary/aromatic N) is 3. The summed E-state index contributed by atoms with van der Waals surface area (Å²) in [6, 6.07) is 3.66. The lowest BCUT2D eigenvalue weighted by atomic mass is 10.1. The monoisotopic (exact) mass is 232 g/mol. The first kappa shape index (κ1) is 11.7. The zero-order valence-corrected chi connectivity index (χ0v) is 10.00. The van der Waals surface area contributed by atoms with Crippen LogP contribution in [-0.2, 0) is 6.42 Å². The van der Waals surface area contributed by atoms with E-state index in [0.29, 0.717) is 18.1 Å². The van der Waals surface area contributed by atoms with Gasteiger partial charge in [-0.05, 0) is 23.6 Å². The highest BCUT2D eigenvalue weighted by Crippen LogP contribution is 2.17.